The Labute approximate surface area is 125 Å². The summed E-state index contributed by atoms with van der Waals surface area (Å²) in [4.78, 5) is 17.9. The van der Waals surface area contributed by atoms with Gasteiger partial charge in [-0.25, -0.2) is 4.98 Å². The normalized spacial score (nSPS) is 23.5. The number of likely N-dealkylation sites (tertiary alicyclic amines) is 1. The summed E-state index contributed by atoms with van der Waals surface area (Å²) < 4.78 is 0. The highest BCUT2D eigenvalue weighted by Gasteiger charge is 2.29. The van der Waals surface area contributed by atoms with Gasteiger partial charge in [-0.1, -0.05) is 12.8 Å². The zero-order chi connectivity index (χ0) is 14.7. The van der Waals surface area contributed by atoms with Gasteiger partial charge < -0.3 is 16.0 Å². The van der Waals surface area contributed by atoms with Crippen molar-refractivity contribution in [3.8, 4) is 0 Å². The summed E-state index contributed by atoms with van der Waals surface area (Å²) >= 11 is 0. The predicted octanol–water partition coefficient (Wildman–Crippen LogP) is 1.86. The average Bonchev–Trinajstić information content (AvgIpc) is 3.16. The van der Waals surface area contributed by atoms with Crippen LogP contribution in [0.1, 0.15) is 42.5 Å². The van der Waals surface area contributed by atoms with Crippen LogP contribution in [0.25, 0.3) is 0 Å². The Morgan fingerprint density at radius 3 is 2.81 bits per heavy atom. The predicted molar refractivity (Wildman–Crippen MR) is 83.2 cm³/mol. The quantitative estimate of drug-likeness (QED) is 0.867. The van der Waals surface area contributed by atoms with E-state index < -0.39 is 5.91 Å². The first-order valence-corrected chi connectivity index (χ1v) is 7.96. The highest BCUT2D eigenvalue weighted by atomic mass is 16.1. The number of aromatic nitrogens is 1. The standard InChI is InChI=1S/C16H24N4O/c17-16(21)13-5-6-15(19-10-13)18-9-12-7-8-20(11-12)14-3-1-2-4-14/h5-6,10,12,14H,1-4,7-9,11H2,(H2,17,21)(H,18,19)/t12-/m0/s1. The molecule has 0 bridgehead atoms. The summed E-state index contributed by atoms with van der Waals surface area (Å²) in [6, 6.07) is 4.38. The van der Waals surface area contributed by atoms with Crippen LogP contribution in [0.2, 0.25) is 0 Å². The van der Waals surface area contributed by atoms with E-state index in [0.29, 0.717) is 11.5 Å². The minimum Gasteiger partial charge on any atom is -0.370 e. The van der Waals surface area contributed by atoms with Gasteiger partial charge >= 0.3 is 0 Å². The van der Waals surface area contributed by atoms with E-state index in [4.69, 9.17) is 5.73 Å². The van der Waals surface area contributed by atoms with Gasteiger partial charge in [0.05, 0.1) is 5.56 Å². The fourth-order valence-corrected chi connectivity index (χ4v) is 3.52. The van der Waals surface area contributed by atoms with Gasteiger partial charge in [0.15, 0.2) is 0 Å². The molecule has 1 aliphatic heterocycles. The molecule has 3 rings (SSSR count). The molecule has 2 fully saturated rings. The first-order chi connectivity index (χ1) is 10.2. The van der Waals surface area contributed by atoms with Gasteiger partial charge in [0.1, 0.15) is 5.82 Å². The van der Waals surface area contributed by atoms with Gasteiger partial charge in [0, 0.05) is 25.3 Å². The fraction of sp³-hybridized carbons (Fsp3) is 0.625. The molecule has 3 N–H and O–H groups in total. The molecule has 1 aromatic heterocycles. The molecule has 1 aromatic rings. The number of hydrogen-bond acceptors (Lipinski definition) is 4. The maximum atomic E-state index is 11.0. The topological polar surface area (TPSA) is 71.2 Å². The summed E-state index contributed by atoms with van der Waals surface area (Å²) in [5, 5.41) is 3.37. The van der Waals surface area contributed by atoms with Crippen molar-refractivity contribution >= 4 is 11.7 Å². The van der Waals surface area contributed by atoms with Crippen LogP contribution in [-0.4, -0.2) is 41.5 Å². The van der Waals surface area contributed by atoms with Gasteiger partial charge in [-0.2, -0.15) is 0 Å². The molecular weight excluding hydrogens is 264 g/mol. The van der Waals surface area contributed by atoms with Crippen molar-refractivity contribution in [2.45, 2.75) is 38.1 Å². The third-order valence-electron chi connectivity index (χ3n) is 4.78. The average molecular weight is 288 g/mol. The highest BCUT2D eigenvalue weighted by Crippen LogP contribution is 2.28. The number of carbonyl (C=O) groups excluding carboxylic acids is 1. The van der Waals surface area contributed by atoms with Gasteiger partial charge in [-0.05, 0) is 43.9 Å². The van der Waals surface area contributed by atoms with Crippen LogP contribution < -0.4 is 11.1 Å². The van der Waals surface area contributed by atoms with Gasteiger partial charge in [-0.3, -0.25) is 4.79 Å². The number of nitrogens with zero attached hydrogens (tertiary/aromatic N) is 2. The van der Waals surface area contributed by atoms with Crippen molar-refractivity contribution in [2.75, 3.05) is 25.0 Å². The van der Waals surface area contributed by atoms with Crippen molar-refractivity contribution in [3.63, 3.8) is 0 Å². The van der Waals surface area contributed by atoms with E-state index in [1.54, 1.807) is 6.07 Å². The number of rotatable bonds is 5. The second-order valence-electron chi connectivity index (χ2n) is 6.27. The fourth-order valence-electron chi connectivity index (χ4n) is 3.52. The maximum Gasteiger partial charge on any atom is 0.250 e. The van der Waals surface area contributed by atoms with Gasteiger partial charge in [0.2, 0.25) is 5.91 Å². The van der Waals surface area contributed by atoms with Crippen LogP contribution in [0.3, 0.4) is 0 Å². The summed E-state index contributed by atoms with van der Waals surface area (Å²) in [6.07, 6.45) is 8.38. The summed E-state index contributed by atoms with van der Waals surface area (Å²) in [5.41, 5.74) is 5.66. The Morgan fingerprint density at radius 1 is 1.33 bits per heavy atom. The molecule has 1 amide bonds. The molecule has 1 saturated heterocycles. The minimum absolute atomic E-state index is 0.433. The number of carbonyl (C=O) groups is 1. The lowest BCUT2D eigenvalue weighted by molar-refractivity contribution is 0.1000. The monoisotopic (exact) mass is 288 g/mol. The molecule has 2 aliphatic rings. The first kappa shape index (κ1) is 14.3. The molecule has 0 aromatic carbocycles. The molecule has 1 aliphatic carbocycles. The van der Waals surface area contributed by atoms with Crippen LogP contribution in [0.15, 0.2) is 18.3 Å². The van der Waals surface area contributed by atoms with E-state index in [1.807, 2.05) is 6.07 Å². The zero-order valence-corrected chi connectivity index (χ0v) is 12.4. The molecule has 5 nitrogen and oxygen atoms in total. The summed E-state index contributed by atoms with van der Waals surface area (Å²) in [5.74, 6) is 1.08. The van der Waals surface area contributed by atoms with Crippen molar-refractivity contribution in [2.24, 2.45) is 11.7 Å². The molecule has 1 saturated carbocycles. The molecule has 5 heteroatoms. The van der Waals surface area contributed by atoms with Crippen LogP contribution in [0.5, 0.6) is 0 Å². The number of amides is 1. The lowest BCUT2D eigenvalue weighted by atomic mass is 10.1. The Kier molecular flexibility index (Phi) is 4.39. The number of primary amides is 1. The number of nitrogens with two attached hydrogens (primary N) is 1. The zero-order valence-electron chi connectivity index (χ0n) is 12.4. The van der Waals surface area contributed by atoms with Gasteiger partial charge in [-0.15, -0.1) is 0 Å². The number of hydrogen-bond donors (Lipinski definition) is 2. The molecule has 0 spiro atoms. The Hall–Kier alpha value is -1.62. The third kappa shape index (κ3) is 3.53. The molecular formula is C16H24N4O. The van der Waals surface area contributed by atoms with E-state index in [9.17, 15) is 4.79 Å². The van der Waals surface area contributed by atoms with Crippen molar-refractivity contribution in [1.82, 2.24) is 9.88 Å². The van der Waals surface area contributed by atoms with E-state index in [-0.39, 0.29) is 0 Å². The second kappa shape index (κ2) is 6.43. The lowest BCUT2D eigenvalue weighted by Crippen LogP contribution is -2.31. The number of anilines is 1. The molecule has 2 heterocycles. The maximum absolute atomic E-state index is 11.0. The van der Waals surface area contributed by atoms with Crippen LogP contribution in [0.4, 0.5) is 5.82 Å². The third-order valence-corrected chi connectivity index (χ3v) is 4.78. The Morgan fingerprint density at radius 2 is 2.14 bits per heavy atom. The van der Waals surface area contributed by atoms with Gasteiger partial charge in [0.25, 0.3) is 0 Å². The van der Waals surface area contributed by atoms with Crippen LogP contribution in [-0.2, 0) is 0 Å². The van der Waals surface area contributed by atoms with Crippen molar-refractivity contribution in [3.05, 3.63) is 23.9 Å². The number of pyridine rings is 1. The van der Waals surface area contributed by atoms with Crippen molar-refractivity contribution < 1.29 is 4.79 Å². The highest BCUT2D eigenvalue weighted by molar-refractivity contribution is 5.92. The Balaban J connectivity index is 1.46. The van der Waals surface area contributed by atoms with Crippen LogP contribution >= 0.6 is 0 Å². The molecule has 1 atom stereocenters. The Bertz CT molecular complexity index is 482. The smallest absolute Gasteiger partial charge is 0.250 e. The summed E-state index contributed by atoms with van der Waals surface area (Å²) in [6.45, 7) is 3.40. The molecule has 114 valence electrons. The molecule has 21 heavy (non-hydrogen) atoms. The van der Waals surface area contributed by atoms with E-state index in [1.165, 1.54) is 51.4 Å². The van der Waals surface area contributed by atoms with Crippen molar-refractivity contribution in [1.29, 1.82) is 0 Å². The second-order valence-corrected chi connectivity index (χ2v) is 6.27. The minimum atomic E-state index is -0.433. The van der Waals surface area contributed by atoms with E-state index in [2.05, 4.69) is 15.2 Å². The summed E-state index contributed by atoms with van der Waals surface area (Å²) in [7, 11) is 0. The van der Waals surface area contributed by atoms with E-state index >= 15 is 0 Å². The molecule has 0 radical (unpaired) electrons. The first-order valence-electron chi connectivity index (χ1n) is 7.96. The number of nitrogens with one attached hydrogen (secondary N) is 1. The largest absolute Gasteiger partial charge is 0.370 e. The SMILES string of the molecule is NC(=O)c1ccc(NC[C@@H]2CCN(C3CCCC3)C2)nc1. The molecule has 0 unspecified atom stereocenters. The lowest BCUT2D eigenvalue weighted by Gasteiger charge is -2.23. The van der Waals surface area contributed by atoms with E-state index in [0.717, 1.165) is 18.4 Å². The van der Waals surface area contributed by atoms with Crippen LogP contribution in [0, 0.1) is 5.92 Å².